The van der Waals surface area contributed by atoms with E-state index in [0.717, 1.165) is 12.8 Å². The summed E-state index contributed by atoms with van der Waals surface area (Å²) in [5.74, 6) is -0.915. The van der Waals surface area contributed by atoms with E-state index >= 15 is 0 Å². The van der Waals surface area contributed by atoms with Crippen molar-refractivity contribution in [3.63, 3.8) is 0 Å². The van der Waals surface area contributed by atoms with Crippen LogP contribution in [0.4, 0.5) is 0 Å². The summed E-state index contributed by atoms with van der Waals surface area (Å²) < 4.78 is 10.4. The summed E-state index contributed by atoms with van der Waals surface area (Å²) in [6.07, 6.45) is 1.33. The molecule has 2 unspecified atom stereocenters. The Morgan fingerprint density at radius 3 is 2.35 bits per heavy atom. The molecule has 0 saturated carbocycles. The van der Waals surface area contributed by atoms with Crippen molar-refractivity contribution in [1.82, 2.24) is 0 Å². The minimum absolute atomic E-state index is 0.0318. The summed E-state index contributed by atoms with van der Waals surface area (Å²) >= 11 is 0. The van der Waals surface area contributed by atoms with Gasteiger partial charge in [-0.1, -0.05) is 41.5 Å². The van der Waals surface area contributed by atoms with Gasteiger partial charge in [0, 0.05) is 0 Å². The monoisotopic (exact) mass is 284 g/mol. The lowest BCUT2D eigenvalue weighted by atomic mass is 9.72. The van der Waals surface area contributed by atoms with Crippen molar-refractivity contribution in [2.24, 2.45) is 16.7 Å². The first-order valence-electron chi connectivity index (χ1n) is 7.38. The summed E-state index contributed by atoms with van der Waals surface area (Å²) in [5, 5.41) is 0. The normalized spacial score (nSPS) is 22.1. The number of cyclic esters (lactones) is 1. The fourth-order valence-electron chi connectivity index (χ4n) is 2.34. The third-order valence-corrected chi connectivity index (χ3v) is 3.52. The van der Waals surface area contributed by atoms with E-state index in [2.05, 4.69) is 20.8 Å². The molecular weight excluding hydrogens is 256 g/mol. The Morgan fingerprint density at radius 1 is 1.30 bits per heavy atom. The number of hydrogen-bond acceptors (Lipinski definition) is 4. The summed E-state index contributed by atoms with van der Waals surface area (Å²) in [6, 6.07) is 0. The van der Waals surface area contributed by atoms with Gasteiger partial charge in [0.25, 0.3) is 0 Å². The molecule has 2 atom stereocenters. The second-order valence-electron chi connectivity index (χ2n) is 7.92. The predicted octanol–water partition coefficient (Wildman–Crippen LogP) is 3.33. The van der Waals surface area contributed by atoms with E-state index in [4.69, 9.17) is 9.47 Å². The number of carbonyl (C=O) groups is 2. The number of hydrogen-bond donors (Lipinski definition) is 0. The molecule has 0 amide bonds. The number of carbonyl (C=O) groups excluding carboxylic acids is 2. The van der Waals surface area contributed by atoms with Gasteiger partial charge < -0.3 is 9.47 Å². The van der Waals surface area contributed by atoms with Crippen molar-refractivity contribution in [2.75, 3.05) is 6.61 Å². The van der Waals surface area contributed by atoms with Gasteiger partial charge >= 0.3 is 11.9 Å². The van der Waals surface area contributed by atoms with E-state index in [-0.39, 0.29) is 22.7 Å². The van der Waals surface area contributed by atoms with Crippen LogP contribution >= 0.6 is 0 Å². The van der Waals surface area contributed by atoms with Crippen molar-refractivity contribution in [3.05, 3.63) is 0 Å². The molecule has 1 heterocycles. The average Bonchev–Trinajstić information content (AvgIpc) is 2.26. The van der Waals surface area contributed by atoms with Gasteiger partial charge in [-0.2, -0.15) is 0 Å². The van der Waals surface area contributed by atoms with E-state index in [1.54, 1.807) is 0 Å². The Hall–Kier alpha value is -1.06. The number of esters is 2. The second kappa shape index (κ2) is 6.15. The van der Waals surface area contributed by atoms with Crippen molar-refractivity contribution in [1.29, 1.82) is 0 Å². The van der Waals surface area contributed by atoms with Gasteiger partial charge in [0.2, 0.25) is 0 Å². The van der Waals surface area contributed by atoms with Crippen LogP contribution in [-0.2, 0) is 19.1 Å². The lowest BCUT2D eigenvalue weighted by Gasteiger charge is -2.34. The van der Waals surface area contributed by atoms with Crippen LogP contribution in [0.3, 0.4) is 0 Å². The lowest BCUT2D eigenvalue weighted by Crippen LogP contribution is -2.39. The molecule has 1 aliphatic rings. The summed E-state index contributed by atoms with van der Waals surface area (Å²) in [6.45, 7) is 12.8. The van der Waals surface area contributed by atoms with E-state index in [9.17, 15) is 9.59 Å². The van der Waals surface area contributed by atoms with Crippen molar-refractivity contribution >= 4 is 11.9 Å². The molecule has 1 saturated heterocycles. The van der Waals surface area contributed by atoms with Crippen LogP contribution in [0.5, 0.6) is 0 Å². The maximum atomic E-state index is 12.5. The fourth-order valence-corrected chi connectivity index (χ4v) is 2.34. The highest BCUT2D eigenvalue weighted by atomic mass is 16.6. The van der Waals surface area contributed by atoms with Crippen LogP contribution in [-0.4, -0.2) is 24.6 Å². The first-order chi connectivity index (χ1) is 9.00. The summed E-state index contributed by atoms with van der Waals surface area (Å²) in [4.78, 5) is 24.0. The Labute approximate surface area is 122 Å². The van der Waals surface area contributed by atoms with Crippen LogP contribution in [0.1, 0.15) is 60.8 Å². The Morgan fingerprint density at radius 2 is 1.90 bits per heavy atom. The number of rotatable bonds is 3. The molecule has 0 aromatic heterocycles. The van der Waals surface area contributed by atoms with Gasteiger partial charge in [-0.05, 0) is 30.1 Å². The summed E-state index contributed by atoms with van der Waals surface area (Å²) in [7, 11) is 0. The predicted molar refractivity (Wildman–Crippen MR) is 77.1 cm³/mol. The molecule has 20 heavy (non-hydrogen) atoms. The SMILES string of the molecule is CC(C)(C)CC(C(=O)OC1CCCOC1=O)C(C)(C)C. The zero-order valence-corrected chi connectivity index (χ0v) is 13.6. The molecule has 0 aliphatic carbocycles. The molecule has 4 heteroatoms. The third-order valence-electron chi connectivity index (χ3n) is 3.52. The van der Waals surface area contributed by atoms with Gasteiger partial charge in [0.15, 0.2) is 6.10 Å². The van der Waals surface area contributed by atoms with Crippen molar-refractivity contribution in [3.8, 4) is 0 Å². The third kappa shape index (κ3) is 5.14. The minimum Gasteiger partial charge on any atom is -0.463 e. The first-order valence-corrected chi connectivity index (χ1v) is 7.38. The molecule has 4 nitrogen and oxygen atoms in total. The quantitative estimate of drug-likeness (QED) is 0.746. The van der Waals surface area contributed by atoms with E-state index < -0.39 is 12.1 Å². The molecule has 0 bridgehead atoms. The Balaban J connectivity index is 2.75. The van der Waals surface area contributed by atoms with E-state index in [1.165, 1.54) is 0 Å². The molecule has 0 radical (unpaired) electrons. The molecule has 1 rings (SSSR count). The van der Waals surface area contributed by atoms with Gasteiger partial charge in [-0.15, -0.1) is 0 Å². The molecule has 1 fully saturated rings. The van der Waals surface area contributed by atoms with Crippen molar-refractivity contribution in [2.45, 2.75) is 66.9 Å². The van der Waals surface area contributed by atoms with Gasteiger partial charge in [-0.3, -0.25) is 4.79 Å². The van der Waals surface area contributed by atoms with Gasteiger partial charge in [0.1, 0.15) is 0 Å². The van der Waals surface area contributed by atoms with Crippen LogP contribution in [0.2, 0.25) is 0 Å². The zero-order chi connectivity index (χ0) is 15.6. The fraction of sp³-hybridized carbons (Fsp3) is 0.875. The maximum absolute atomic E-state index is 12.5. The highest BCUT2D eigenvalue weighted by molar-refractivity contribution is 5.81. The molecule has 0 N–H and O–H groups in total. The molecular formula is C16H28O4. The molecule has 0 aromatic rings. The largest absolute Gasteiger partial charge is 0.463 e. The van der Waals surface area contributed by atoms with Crippen LogP contribution in [0.25, 0.3) is 0 Å². The maximum Gasteiger partial charge on any atom is 0.347 e. The molecule has 1 aliphatic heterocycles. The van der Waals surface area contributed by atoms with Crippen LogP contribution in [0, 0.1) is 16.7 Å². The highest BCUT2D eigenvalue weighted by Gasteiger charge is 2.38. The molecule has 116 valence electrons. The van der Waals surface area contributed by atoms with E-state index in [0.29, 0.717) is 13.0 Å². The van der Waals surface area contributed by atoms with Gasteiger partial charge in [-0.25, -0.2) is 4.79 Å². The zero-order valence-electron chi connectivity index (χ0n) is 13.6. The number of ether oxygens (including phenoxy) is 2. The standard InChI is InChI=1S/C16H28O4/c1-15(2,3)10-11(16(4,5)6)13(17)20-12-8-7-9-19-14(12)18/h11-12H,7-10H2,1-6H3. The van der Waals surface area contributed by atoms with Crippen LogP contribution < -0.4 is 0 Å². The van der Waals surface area contributed by atoms with Crippen LogP contribution in [0.15, 0.2) is 0 Å². The van der Waals surface area contributed by atoms with E-state index in [1.807, 2.05) is 20.8 Å². The molecule has 0 spiro atoms. The van der Waals surface area contributed by atoms with Crippen molar-refractivity contribution < 1.29 is 19.1 Å². The first kappa shape index (κ1) is 17.0. The second-order valence-corrected chi connectivity index (χ2v) is 7.92. The summed E-state index contributed by atoms with van der Waals surface area (Å²) in [5.41, 5.74) is -0.160. The van der Waals surface area contributed by atoms with Gasteiger partial charge in [0.05, 0.1) is 12.5 Å². The Kier molecular flexibility index (Phi) is 5.22. The minimum atomic E-state index is -0.721. The average molecular weight is 284 g/mol. The highest BCUT2D eigenvalue weighted by Crippen LogP contribution is 2.37. The topological polar surface area (TPSA) is 52.6 Å². The Bertz CT molecular complexity index is 360. The molecule has 0 aromatic carbocycles. The lowest BCUT2D eigenvalue weighted by molar-refractivity contribution is -0.178. The smallest absolute Gasteiger partial charge is 0.347 e.